The number of nitrogens with zero attached hydrogens (tertiary/aromatic N) is 2. The molecule has 0 fully saturated rings. The van der Waals surface area contributed by atoms with Crippen molar-refractivity contribution in [3.05, 3.63) is 17.0 Å². The van der Waals surface area contributed by atoms with Gasteiger partial charge in [-0.25, -0.2) is 9.97 Å². The highest BCUT2D eigenvalue weighted by molar-refractivity contribution is 6.29. The molecule has 0 spiro atoms. The topological polar surface area (TPSA) is 76.5 Å². The van der Waals surface area contributed by atoms with Gasteiger partial charge < -0.3 is 19.9 Å². The van der Waals surface area contributed by atoms with E-state index in [4.69, 9.17) is 26.2 Å². The molecule has 0 bridgehead atoms. The standard InChI is InChI=1S/C11H18ClN3O3/c1-17-6-8(3-4-16)13-10-5-9(12)14-11(15-10)7-18-2/h5,8,16H,3-4,6-7H2,1-2H3,(H,13,14,15). The van der Waals surface area contributed by atoms with E-state index in [0.717, 1.165) is 0 Å². The van der Waals surface area contributed by atoms with Gasteiger partial charge in [0.15, 0.2) is 5.82 Å². The van der Waals surface area contributed by atoms with Gasteiger partial charge in [0.05, 0.1) is 12.6 Å². The zero-order valence-corrected chi connectivity index (χ0v) is 11.3. The lowest BCUT2D eigenvalue weighted by atomic mass is 10.2. The monoisotopic (exact) mass is 275 g/mol. The molecule has 7 heteroatoms. The van der Waals surface area contributed by atoms with Crippen molar-refractivity contribution in [2.75, 3.05) is 32.8 Å². The van der Waals surface area contributed by atoms with E-state index in [1.165, 1.54) is 0 Å². The Labute approximate surface area is 111 Å². The minimum Gasteiger partial charge on any atom is -0.396 e. The number of anilines is 1. The Morgan fingerprint density at radius 3 is 2.78 bits per heavy atom. The number of halogens is 1. The van der Waals surface area contributed by atoms with Gasteiger partial charge in [0, 0.05) is 26.9 Å². The summed E-state index contributed by atoms with van der Waals surface area (Å²) in [4.78, 5) is 8.29. The highest BCUT2D eigenvalue weighted by atomic mass is 35.5. The van der Waals surface area contributed by atoms with E-state index in [9.17, 15) is 0 Å². The second kappa shape index (κ2) is 8.20. The third-order valence-corrected chi connectivity index (χ3v) is 2.41. The van der Waals surface area contributed by atoms with Crippen molar-refractivity contribution < 1.29 is 14.6 Å². The molecule has 0 saturated heterocycles. The fourth-order valence-electron chi connectivity index (χ4n) is 1.50. The van der Waals surface area contributed by atoms with E-state index in [1.54, 1.807) is 20.3 Å². The first kappa shape index (κ1) is 15.1. The SMILES string of the molecule is COCc1nc(Cl)cc(NC(CCO)COC)n1. The number of hydrogen-bond acceptors (Lipinski definition) is 6. The lowest BCUT2D eigenvalue weighted by Gasteiger charge is -2.17. The number of hydrogen-bond donors (Lipinski definition) is 2. The Bertz CT molecular complexity index is 359. The summed E-state index contributed by atoms with van der Waals surface area (Å²) in [5, 5.41) is 12.5. The van der Waals surface area contributed by atoms with Gasteiger partial charge in [-0.05, 0) is 6.42 Å². The van der Waals surface area contributed by atoms with Gasteiger partial charge in [-0.15, -0.1) is 0 Å². The fraction of sp³-hybridized carbons (Fsp3) is 0.636. The van der Waals surface area contributed by atoms with Crippen molar-refractivity contribution in [3.8, 4) is 0 Å². The number of aromatic nitrogens is 2. The van der Waals surface area contributed by atoms with Crippen LogP contribution in [0, 0.1) is 0 Å². The maximum Gasteiger partial charge on any atom is 0.158 e. The van der Waals surface area contributed by atoms with Crippen LogP contribution in [0.5, 0.6) is 0 Å². The van der Waals surface area contributed by atoms with Crippen LogP contribution in [0.25, 0.3) is 0 Å². The summed E-state index contributed by atoms with van der Waals surface area (Å²) in [6.07, 6.45) is 0.565. The minimum atomic E-state index is -0.0265. The van der Waals surface area contributed by atoms with Crippen LogP contribution in [0.4, 0.5) is 5.82 Å². The molecule has 0 aliphatic carbocycles. The Morgan fingerprint density at radius 1 is 1.39 bits per heavy atom. The molecule has 0 saturated carbocycles. The smallest absolute Gasteiger partial charge is 0.158 e. The van der Waals surface area contributed by atoms with Crippen molar-refractivity contribution in [1.29, 1.82) is 0 Å². The molecule has 1 aromatic rings. The van der Waals surface area contributed by atoms with Gasteiger partial charge in [-0.2, -0.15) is 0 Å². The van der Waals surface area contributed by atoms with E-state index in [2.05, 4.69) is 15.3 Å². The first-order valence-corrected chi connectivity index (χ1v) is 5.96. The number of aliphatic hydroxyl groups excluding tert-OH is 1. The van der Waals surface area contributed by atoms with Crippen LogP contribution >= 0.6 is 11.6 Å². The molecule has 2 N–H and O–H groups in total. The molecule has 1 atom stereocenters. The molecule has 0 aromatic carbocycles. The van der Waals surface area contributed by atoms with Crippen molar-refractivity contribution >= 4 is 17.4 Å². The molecule has 1 heterocycles. The van der Waals surface area contributed by atoms with Crippen LogP contribution in [0.15, 0.2) is 6.07 Å². The van der Waals surface area contributed by atoms with Gasteiger partial charge in [0.2, 0.25) is 0 Å². The molecule has 1 rings (SSSR count). The lowest BCUT2D eigenvalue weighted by Crippen LogP contribution is -2.26. The number of nitrogens with one attached hydrogen (secondary N) is 1. The maximum absolute atomic E-state index is 8.96. The Hall–Kier alpha value is -0.950. The highest BCUT2D eigenvalue weighted by Gasteiger charge is 2.10. The first-order valence-electron chi connectivity index (χ1n) is 5.58. The first-order chi connectivity index (χ1) is 8.69. The van der Waals surface area contributed by atoms with Crippen molar-refractivity contribution in [1.82, 2.24) is 9.97 Å². The summed E-state index contributed by atoms with van der Waals surface area (Å²) in [5.41, 5.74) is 0. The summed E-state index contributed by atoms with van der Waals surface area (Å²) in [5.74, 6) is 1.10. The molecule has 18 heavy (non-hydrogen) atoms. The van der Waals surface area contributed by atoms with Crippen LogP contribution in [-0.2, 0) is 16.1 Å². The summed E-state index contributed by atoms with van der Waals surface area (Å²) >= 11 is 5.90. The number of rotatable bonds is 8. The van der Waals surface area contributed by atoms with Gasteiger partial charge in [-0.3, -0.25) is 0 Å². The largest absolute Gasteiger partial charge is 0.396 e. The van der Waals surface area contributed by atoms with E-state index in [1.807, 2.05) is 0 Å². The molecule has 0 aliphatic rings. The van der Waals surface area contributed by atoms with Crippen molar-refractivity contribution in [2.24, 2.45) is 0 Å². The van der Waals surface area contributed by atoms with E-state index in [-0.39, 0.29) is 12.6 Å². The third-order valence-electron chi connectivity index (χ3n) is 2.21. The molecule has 6 nitrogen and oxygen atoms in total. The molecule has 0 amide bonds. The Balaban J connectivity index is 2.74. The van der Waals surface area contributed by atoms with Crippen LogP contribution in [0.3, 0.4) is 0 Å². The predicted molar refractivity (Wildman–Crippen MR) is 68.7 cm³/mol. The molecular weight excluding hydrogens is 258 g/mol. The second-order valence-corrected chi connectivity index (χ2v) is 4.12. The summed E-state index contributed by atoms with van der Waals surface area (Å²) in [7, 11) is 3.17. The van der Waals surface area contributed by atoms with Gasteiger partial charge >= 0.3 is 0 Å². The van der Waals surface area contributed by atoms with Gasteiger partial charge in [0.1, 0.15) is 17.6 Å². The minimum absolute atomic E-state index is 0.0265. The quantitative estimate of drug-likeness (QED) is 0.692. The average molecular weight is 276 g/mol. The number of methoxy groups -OCH3 is 2. The molecule has 1 aromatic heterocycles. The zero-order chi connectivity index (χ0) is 13.4. The predicted octanol–water partition coefficient (Wildman–Crippen LogP) is 1.09. The van der Waals surface area contributed by atoms with Crippen molar-refractivity contribution in [3.63, 3.8) is 0 Å². The molecule has 1 unspecified atom stereocenters. The second-order valence-electron chi connectivity index (χ2n) is 3.73. The zero-order valence-electron chi connectivity index (χ0n) is 10.5. The lowest BCUT2D eigenvalue weighted by molar-refractivity contribution is 0.169. The van der Waals surface area contributed by atoms with E-state index >= 15 is 0 Å². The Kier molecular flexibility index (Phi) is 6.89. The van der Waals surface area contributed by atoms with Crippen LogP contribution in [0.2, 0.25) is 5.15 Å². The van der Waals surface area contributed by atoms with Gasteiger partial charge in [0.25, 0.3) is 0 Å². The van der Waals surface area contributed by atoms with Crippen LogP contribution in [0.1, 0.15) is 12.2 Å². The number of aliphatic hydroxyl groups is 1. The summed E-state index contributed by atoms with van der Waals surface area (Å²) in [6, 6.07) is 1.60. The highest BCUT2D eigenvalue weighted by Crippen LogP contribution is 2.14. The molecular formula is C11H18ClN3O3. The van der Waals surface area contributed by atoms with Crippen LogP contribution in [-0.4, -0.2) is 48.5 Å². The van der Waals surface area contributed by atoms with E-state index < -0.39 is 0 Å². The molecule has 102 valence electrons. The average Bonchev–Trinajstić information content (AvgIpc) is 2.29. The summed E-state index contributed by atoms with van der Waals surface area (Å²) < 4.78 is 10.0. The molecule has 0 aliphatic heterocycles. The van der Waals surface area contributed by atoms with Crippen LogP contribution < -0.4 is 5.32 Å². The maximum atomic E-state index is 8.96. The van der Waals surface area contributed by atoms with Gasteiger partial charge in [-0.1, -0.05) is 11.6 Å². The fourth-order valence-corrected chi connectivity index (χ4v) is 1.70. The number of ether oxygens (including phenoxy) is 2. The van der Waals surface area contributed by atoms with E-state index in [0.29, 0.717) is 36.4 Å². The summed E-state index contributed by atoms with van der Waals surface area (Å²) in [6.45, 7) is 0.844. The van der Waals surface area contributed by atoms with Crippen molar-refractivity contribution in [2.45, 2.75) is 19.1 Å². The Morgan fingerprint density at radius 2 is 2.17 bits per heavy atom. The normalized spacial score (nSPS) is 12.4. The molecule has 0 radical (unpaired) electrons. The third kappa shape index (κ3) is 5.14.